The van der Waals surface area contributed by atoms with E-state index in [-0.39, 0.29) is 11.4 Å². The Bertz CT molecular complexity index is 1630. The van der Waals surface area contributed by atoms with Crippen molar-refractivity contribution in [2.75, 3.05) is 7.11 Å². The second-order valence-corrected chi connectivity index (χ2v) is 9.32. The third-order valence-corrected chi connectivity index (χ3v) is 6.31. The van der Waals surface area contributed by atoms with Gasteiger partial charge in [0.2, 0.25) is 5.82 Å². The molecule has 0 radical (unpaired) electrons. The van der Waals surface area contributed by atoms with Gasteiger partial charge in [0.25, 0.3) is 5.56 Å². The summed E-state index contributed by atoms with van der Waals surface area (Å²) < 4.78 is 14.3. The van der Waals surface area contributed by atoms with Gasteiger partial charge in [-0.2, -0.15) is 9.78 Å². The number of nitrogens with zero attached hydrogens (tertiary/aromatic N) is 3. The lowest BCUT2D eigenvalue weighted by Crippen LogP contribution is -2.20. The number of para-hydroxylation sites is 1. The Balaban J connectivity index is 1.75. The van der Waals surface area contributed by atoms with Crippen LogP contribution >= 0.6 is 43.5 Å². The van der Waals surface area contributed by atoms with Gasteiger partial charge in [-0.25, -0.2) is 4.98 Å². The van der Waals surface area contributed by atoms with Crippen molar-refractivity contribution in [2.24, 2.45) is 5.10 Å². The van der Waals surface area contributed by atoms with Gasteiger partial charge in [0.1, 0.15) is 11.3 Å². The second-order valence-electron chi connectivity index (χ2n) is 7.12. The molecule has 0 N–H and O–H groups in total. The van der Waals surface area contributed by atoms with E-state index in [1.54, 1.807) is 37.4 Å². The number of hydrogen-bond donors (Lipinski definition) is 0. The Morgan fingerprint density at radius 2 is 1.94 bits per heavy atom. The Hall–Kier alpha value is -2.94. The average Bonchev–Trinajstić information content (AvgIpc) is 3.21. The summed E-state index contributed by atoms with van der Waals surface area (Å²) in [6, 6.07) is 18.0. The SMILES string of the molecule is COc1c(Br)cc(Cl)cc1C=Nn1c(-c2cc3cc(Br)ccc3o2)nc2ccccc2c1=O. The Kier molecular flexibility index (Phi) is 5.82. The quantitative estimate of drug-likeness (QED) is 0.215. The van der Waals surface area contributed by atoms with Gasteiger partial charge < -0.3 is 9.15 Å². The molecule has 5 rings (SSSR count). The summed E-state index contributed by atoms with van der Waals surface area (Å²) >= 11 is 13.1. The average molecular weight is 588 g/mol. The molecule has 0 aliphatic carbocycles. The summed E-state index contributed by atoms with van der Waals surface area (Å²) in [4.78, 5) is 18.1. The summed E-state index contributed by atoms with van der Waals surface area (Å²) in [6.45, 7) is 0. The Morgan fingerprint density at radius 3 is 2.76 bits per heavy atom. The molecule has 9 heteroatoms. The number of ether oxygens (including phenoxy) is 1. The molecule has 164 valence electrons. The molecule has 0 aliphatic rings. The summed E-state index contributed by atoms with van der Waals surface area (Å²) in [7, 11) is 1.55. The number of benzene rings is 3. The molecule has 0 atom stereocenters. The lowest BCUT2D eigenvalue weighted by Gasteiger charge is -2.09. The minimum atomic E-state index is -0.325. The summed E-state index contributed by atoms with van der Waals surface area (Å²) in [5.41, 5.74) is 1.49. The summed E-state index contributed by atoms with van der Waals surface area (Å²) in [6.07, 6.45) is 1.51. The van der Waals surface area contributed by atoms with Crippen LogP contribution in [0.3, 0.4) is 0 Å². The molecule has 0 amide bonds. The molecule has 0 saturated heterocycles. The fourth-order valence-corrected chi connectivity index (χ4v) is 4.90. The van der Waals surface area contributed by atoms with Crippen LogP contribution in [0.4, 0.5) is 0 Å². The normalized spacial score (nSPS) is 11.6. The minimum absolute atomic E-state index is 0.280. The van der Waals surface area contributed by atoms with E-state index in [0.717, 1.165) is 9.86 Å². The van der Waals surface area contributed by atoms with Gasteiger partial charge in [0.05, 0.1) is 28.7 Å². The second kappa shape index (κ2) is 8.78. The van der Waals surface area contributed by atoms with Crippen molar-refractivity contribution >= 4 is 71.5 Å². The van der Waals surface area contributed by atoms with Gasteiger partial charge in [0, 0.05) is 20.4 Å². The van der Waals surface area contributed by atoms with Gasteiger partial charge in [0.15, 0.2) is 5.76 Å². The summed E-state index contributed by atoms with van der Waals surface area (Å²) in [5.74, 6) is 1.24. The molecular formula is C24H14Br2ClN3O3. The summed E-state index contributed by atoms with van der Waals surface area (Å²) in [5, 5.41) is 6.28. The molecule has 0 spiro atoms. The van der Waals surface area contributed by atoms with Crippen molar-refractivity contribution < 1.29 is 9.15 Å². The van der Waals surface area contributed by atoms with E-state index in [4.69, 9.17) is 25.7 Å². The molecule has 33 heavy (non-hydrogen) atoms. The maximum absolute atomic E-state index is 13.4. The zero-order chi connectivity index (χ0) is 23.1. The Morgan fingerprint density at radius 1 is 1.12 bits per heavy atom. The first kappa shape index (κ1) is 21.9. The van der Waals surface area contributed by atoms with Crippen LogP contribution in [0.25, 0.3) is 33.5 Å². The molecule has 5 aromatic rings. The molecule has 0 aliphatic heterocycles. The first-order valence-corrected chi connectivity index (χ1v) is 11.7. The minimum Gasteiger partial charge on any atom is -0.495 e. The predicted molar refractivity (Wildman–Crippen MR) is 138 cm³/mol. The molecule has 0 unspecified atom stereocenters. The number of aromatic nitrogens is 2. The standard InChI is InChI=1S/C24H14Br2ClN3O3/c1-32-22-14(9-16(27)11-18(22)26)12-28-30-23(29-19-5-3-2-4-17(19)24(30)31)21-10-13-8-15(25)6-7-20(13)33-21/h2-12H,1H3. The number of methoxy groups -OCH3 is 1. The number of rotatable bonds is 4. The van der Waals surface area contributed by atoms with Crippen molar-refractivity contribution in [1.29, 1.82) is 0 Å². The molecule has 6 nitrogen and oxygen atoms in total. The number of furan rings is 1. The largest absolute Gasteiger partial charge is 0.495 e. The maximum Gasteiger partial charge on any atom is 0.282 e. The monoisotopic (exact) mass is 585 g/mol. The molecule has 0 bridgehead atoms. The van der Waals surface area contributed by atoms with Crippen LogP contribution in [-0.2, 0) is 0 Å². The molecule has 0 saturated carbocycles. The molecule has 2 heterocycles. The fraction of sp³-hybridized carbons (Fsp3) is 0.0417. The van der Waals surface area contributed by atoms with E-state index in [1.165, 1.54) is 10.9 Å². The Labute approximate surface area is 209 Å². The smallest absolute Gasteiger partial charge is 0.282 e. The zero-order valence-corrected chi connectivity index (χ0v) is 21.0. The van der Waals surface area contributed by atoms with E-state index in [1.807, 2.05) is 30.3 Å². The third-order valence-electron chi connectivity index (χ3n) is 5.01. The van der Waals surface area contributed by atoms with Crippen molar-refractivity contribution in [1.82, 2.24) is 9.66 Å². The van der Waals surface area contributed by atoms with Gasteiger partial charge in [-0.3, -0.25) is 4.79 Å². The molecule has 2 aromatic heterocycles. The predicted octanol–water partition coefficient (Wildman–Crippen LogP) is 6.88. The van der Waals surface area contributed by atoms with E-state index in [0.29, 0.717) is 43.1 Å². The van der Waals surface area contributed by atoms with Crippen LogP contribution in [0, 0.1) is 0 Å². The van der Waals surface area contributed by atoms with Crippen LogP contribution < -0.4 is 10.3 Å². The number of fused-ring (bicyclic) bond motifs is 2. The zero-order valence-electron chi connectivity index (χ0n) is 17.1. The first-order chi connectivity index (χ1) is 15.9. The third kappa shape index (κ3) is 4.10. The van der Waals surface area contributed by atoms with Crippen molar-refractivity contribution in [3.05, 3.63) is 90.5 Å². The molecule has 0 fully saturated rings. The fourth-order valence-electron chi connectivity index (χ4n) is 3.53. The van der Waals surface area contributed by atoms with Gasteiger partial charge in [-0.15, -0.1) is 0 Å². The number of halogens is 3. The topological polar surface area (TPSA) is 69.6 Å². The highest BCUT2D eigenvalue weighted by Gasteiger charge is 2.17. The number of hydrogen-bond acceptors (Lipinski definition) is 5. The maximum atomic E-state index is 13.4. The van der Waals surface area contributed by atoms with Crippen LogP contribution in [-0.4, -0.2) is 23.0 Å². The van der Waals surface area contributed by atoms with Crippen molar-refractivity contribution in [2.45, 2.75) is 0 Å². The van der Waals surface area contributed by atoms with Crippen molar-refractivity contribution in [3.63, 3.8) is 0 Å². The van der Waals surface area contributed by atoms with E-state index >= 15 is 0 Å². The van der Waals surface area contributed by atoms with Crippen LogP contribution in [0.5, 0.6) is 5.75 Å². The first-order valence-electron chi connectivity index (χ1n) is 9.73. The van der Waals surface area contributed by atoms with E-state index in [2.05, 4.69) is 37.0 Å². The van der Waals surface area contributed by atoms with Crippen LogP contribution in [0.1, 0.15) is 5.56 Å². The van der Waals surface area contributed by atoms with Crippen molar-refractivity contribution in [3.8, 4) is 17.3 Å². The van der Waals surface area contributed by atoms with Crippen LogP contribution in [0.2, 0.25) is 5.02 Å². The van der Waals surface area contributed by atoms with Gasteiger partial charge in [-0.1, -0.05) is 39.7 Å². The molecular weight excluding hydrogens is 574 g/mol. The van der Waals surface area contributed by atoms with Gasteiger partial charge >= 0.3 is 0 Å². The lowest BCUT2D eigenvalue weighted by molar-refractivity contribution is 0.411. The van der Waals surface area contributed by atoms with E-state index in [9.17, 15) is 4.79 Å². The van der Waals surface area contributed by atoms with Crippen LogP contribution in [0.15, 0.2) is 83.9 Å². The lowest BCUT2D eigenvalue weighted by atomic mass is 10.2. The highest BCUT2D eigenvalue weighted by atomic mass is 79.9. The van der Waals surface area contributed by atoms with E-state index < -0.39 is 0 Å². The highest BCUT2D eigenvalue weighted by molar-refractivity contribution is 9.10. The van der Waals surface area contributed by atoms with Gasteiger partial charge in [-0.05, 0) is 64.5 Å². The highest BCUT2D eigenvalue weighted by Crippen LogP contribution is 2.32. The molecule has 3 aromatic carbocycles.